The van der Waals surface area contributed by atoms with Crippen molar-refractivity contribution in [3.05, 3.63) is 22.8 Å². The Bertz CT molecular complexity index is 340. The molecule has 1 N–H and O–H groups in total. The minimum atomic E-state index is -0.819. The molecule has 110 valence electrons. The van der Waals surface area contributed by atoms with Crippen LogP contribution >= 0.6 is 0 Å². The van der Waals surface area contributed by atoms with Crippen LogP contribution in [0, 0.1) is 0 Å². The van der Waals surface area contributed by atoms with Crippen molar-refractivity contribution in [3.63, 3.8) is 0 Å². The summed E-state index contributed by atoms with van der Waals surface area (Å²) < 4.78 is 5.63. The normalized spacial score (nSPS) is 15.1. The van der Waals surface area contributed by atoms with Crippen LogP contribution in [0.2, 0.25) is 0 Å². The van der Waals surface area contributed by atoms with Crippen LogP contribution in [0.3, 0.4) is 0 Å². The number of hydrogen-bond acceptors (Lipinski definition) is 2. The Balaban J connectivity index is 4.00. The van der Waals surface area contributed by atoms with Crippen molar-refractivity contribution in [1.82, 2.24) is 0 Å². The SMILES string of the molecule is CCC(C)OCCC(C)=CCCC(C)=C(C)C(=O)O. The van der Waals surface area contributed by atoms with Crippen molar-refractivity contribution in [1.29, 1.82) is 0 Å². The molecule has 0 heterocycles. The number of carbonyl (C=O) groups is 1. The average molecular weight is 268 g/mol. The molecule has 0 saturated carbocycles. The van der Waals surface area contributed by atoms with Crippen LogP contribution in [-0.2, 0) is 9.53 Å². The standard InChI is InChI=1S/C16H28O3/c1-6-14(4)19-11-10-12(2)8-7-9-13(3)15(5)16(17)18/h8,14H,6-7,9-11H2,1-5H3,(H,17,18). The van der Waals surface area contributed by atoms with Gasteiger partial charge < -0.3 is 9.84 Å². The first-order valence-corrected chi connectivity index (χ1v) is 7.05. The van der Waals surface area contributed by atoms with Crippen molar-refractivity contribution in [2.75, 3.05) is 6.61 Å². The van der Waals surface area contributed by atoms with E-state index < -0.39 is 5.97 Å². The van der Waals surface area contributed by atoms with Crippen molar-refractivity contribution in [3.8, 4) is 0 Å². The molecule has 0 saturated heterocycles. The fourth-order valence-corrected chi connectivity index (χ4v) is 1.55. The monoisotopic (exact) mass is 268 g/mol. The summed E-state index contributed by atoms with van der Waals surface area (Å²) in [5.74, 6) is -0.819. The zero-order valence-electron chi connectivity index (χ0n) is 13.0. The molecule has 0 aromatic carbocycles. The van der Waals surface area contributed by atoms with Crippen molar-refractivity contribution < 1.29 is 14.6 Å². The van der Waals surface area contributed by atoms with Crippen molar-refractivity contribution in [2.24, 2.45) is 0 Å². The predicted octanol–water partition coefficient (Wildman–Crippen LogP) is 4.34. The third-order valence-corrected chi connectivity index (χ3v) is 3.45. The highest BCUT2D eigenvalue weighted by molar-refractivity contribution is 5.86. The van der Waals surface area contributed by atoms with Gasteiger partial charge in [-0.2, -0.15) is 0 Å². The minimum Gasteiger partial charge on any atom is -0.478 e. The molecule has 0 spiro atoms. The molecule has 0 bridgehead atoms. The molecule has 0 aliphatic rings. The van der Waals surface area contributed by atoms with Gasteiger partial charge in [0.2, 0.25) is 0 Å². The zero-order valence-corrected chi connectivity index (χ0v) is 13.0. The number of allylic oxidation sites excluding steroid dienone is 2. The van der Waals surface area contributed by atoms with E-state index in [0.29, 0.717) is 11.7 Å². The molecular weight excluding hydrogens is 240 g/mol. The van der Waals surface area contributed by atoms with E-state index in [4.69, 9.17) is 9.84 Å². The lowest BCUT2D eigenvalue weighted by atomic mass is 10.0. The summed E-state index contributed by atoms with van der Waals surface area (Å²) in [4.78, 5) is 10.8. The lowest BCUT2D eigenvalue weighted by Crippen LogP contribution is -2.07. The maximum Gasteiger partial charge on any atom is 0.331 e. The van der Waals surface area contributed by atoms with Gasteiger partial charge in [-0.15, -0.1) is 0 Å². The van der Waals surface area contributed by atoms with Gasteiger partial charge in [0, 0.05) is 5.57 Å². The summed E-state index contributed by atoms with van der Waals surface area (Å²) in [7, 11) is 0. The van der Waals surface area contributed by atoms with Gasteiger partial charge in [0.1, 0.15) is 0 Å². The summed E-state index contributed by atoms with van der Waals surface area (Å²) >= 11 is 0. The molecule has 0 fully saturated rings. The second-order valence-corrected chi connectivity index (χ2v) is 5.14. The Kier molecular flexibility index (Phi) is 9.23. The van der Waals surface area contributed by atoms with E-state index >= 15 is 0 Å². The first kappa shape index (κ1) is 17.9. The highest BCUT2D eigenvalue weighted by Gasteiger charge is 2.04. The fourth-order valence-electron chi connectivity index (χ4n) is 1.55. The molecule has 0 amide bonds. The Labute approximate surface area is 117 Å². The third kappa shape index (κ3) is 8.60. The van der Waals surface area contributed by atoms with E-state index in [1.807, 2.05) is 6.92 Å². The van der Waals surface area contributed by atoms with E-state index in [1.54, 1.807) is 6.92 Å². The molecule has 3 nitrogen and oxygen atoms in total. The summed E-state index contributed by atoms with van der Waals surface area (Å²) in [6, 6.07) is 0. The topological polar surface area (TPSA) is 46.5 Å². The second-order valence-electron chi connectivity index (χ2n) is 5.14. The number of aliphatic carboxylic acids is 1. The fraction of sp³-hybridized carbons (Fsp3) is 0.688. The Hall–Kier alpha value is -1.09. The molecule has 0 rings (SSSR count). The van der Waals surface area contributed by atoms with Crippen LogP contribution in [0.4, 0.5) is 0 Å². The van der Waals surface area contributed by atoms with Gasteiger partial charge in [-0.05, 0) is 53.4 Å². The maximum atomic E-state index is 10.8. The van der Waals surface area contributed by atoms with Crippen LogP contribution in [-0.4, -0.2) is 23.8 Å². The molecule has 0 aliphatic heterocycles. The predicted molar refractivity (Wildman–Crippen MR) is 79.3 cm³/mol. The van der Waals surface area contributed by atoms with E-state index in [1.165, 1.54) is 5.57 Å². The number of hydrogen-bond donors (Lipinski definition) is 1. The van der Waals surface area contributed by atoms with Crippen LogP contribution < -0.4 is 0 Å². The molecule has 0 aliphatic carbocycles. The van der Waals surface area contributed by atoms with Crippen molar-refractivity contribution >= 4 is 5.97 Å². The van der Waals surface area contributed by atoms with E-state index in [0.717, 1.165) is 37.9 Å². The first-order chi connectivity index (χ1) is 8.88. The van der Waals surface area contributed by atoms with Gasteiger partial charge in [-0.1, -0.05) is 24.1 Å². The molecular formula is C16H28O3. The first-order valence-electron chi connectivity index (χ1n) is 7.05. The Morgan fingerprint density at radius 1 is 1.26 bits per heavy atom. The highest BCUT2D eigenvalue weighted by atomic mass is 16.5. The summed E-state index contributed by atoms with van der Waals surface area (Å²) in [5, 5.41) is 8.86. The van der Waals surface area contributed by atoms with Crippen molar-refractivity contribution in [2.45, 2.75) is 66.4 Å². The zero-order chi connectivity index (χ0) is 14.8. The highest BCUT2D eigenvalue weighted by Crippen LogP contribution is 2.13. The summed E-state index contributed by atoms with van der Waals surface area (Å²) in [6.07, 6.45) is 6.20. The molecule has 19 heavy (non-hydrogen) atoms. The molecule has 0 aromatic heterocycles. The number of rotatable bonds is 9. The molecule has 0 aromatic rings. The molecule has 3 heteroatoms. The molecule has 1 unspecified atom stereocenters. The van der Waals surface area contributed by atoms with Crippen LogP contribution in [0.5, 0.6) is 0 Å². The summed E-state index contributed by atoms with van der Waals surface area (Å²) in [5.41, 5.74) is 2.72. The quantitative estimate of drug-likeness (QED) is 0.500. The average Bonchev–Trinajstić information content (AvgIpc) is 2.37. The van der Waals surface area contributed by atoms with Gasteiger partial charge in [0.05, 0.1) is 12.7 Å². The third-order valence-electron chi connectivity index (χ3n) is 3.45. The van der Waals surface area contributed by atoms with Gasteiger partial charge >= 0.3 is 5.97 Å². The lowest BCUT2D eigenvalue weighted by Gasteiger charge is -2.10. The van der Waals surface area contributed by atoms with Crippen LogP contribution in [0.25, 0.3) is 0 Å². The van der Waals surface area contributed by atoms with E-state index in [2.05, 4.69) is 26.8 Å². The van der Waals surface area contributed by atoms with Gasteiger partial charge in [-0.3, -0.25) is 0 Å². The summed E-state index contributed by atoms with van der Waals surface area (Å²) in [6.45, 7) is 10.6. The Morgan fingerprint density at radius 3 is 2.42 bits per heavy atom. The number of carboxylic acid groups (broad SMARTS) is 1. The van der Waals surface area contributed by atoms with Crippen LogP contribution in [0.1, 0.15) is 60.3 Å². The largest absolute Gasteiger partial charge is 0.478 e. The van der Waals surface area contributed by atoms with Gasteiger partial charge in [0.15, 0.2) is 0 Å². The lowest BCUT2D eigenvalue weighted by molar-refractivity contribution is -0.132. The van der Waals surface area contributed by atoms with Crippen LogP contribution in [0.15, 0.2) is 22.8 Å². The maximum absolute atomic E-state index is 10.8. The molecule has 0 radical (unpaired) electrons. The second kappa shape index (κ2) is 9.79. The van der Waals surface area contributed by atoms with E-state index in [9.17, 15) is 4.79 Å². The number of carboxylic acids is 1. The Morgan fingerprint density at radius 2 is 1.89 bits per heavy atom. The van der Waals surface area contributed by atoms with Gasteiger partial charge in [0.25, 0.3) is 0 Å². The molecule has 1 atom stereocenters. The van der Waals surface area contributed by atoms with Gasteiger partial charge in [-0.25, -0.2) is 4.79 Å². The van der Waals surface area contributed by atoms with E-state index in [-0.39, 0.29) is 0 Å². The smallest absolute Gasteiger partial charge is 0.331 e. The number of ether oxygens (including phenoxy) is 1. The minimum absolute atomic E-state index is 0.330.